The van der Waals surface area contributed by atoms with E-state index in [9.17, 15) is 4.79 Å². The molecule has 1 aromatic heterocycles. The number of anilines is 1. The van der Waals surface area contributed by atoms with E-state index >= 15 is 0 Å². The van der Waals surface area contributed by atoms with Gasteiger partial charge in [0.25, 0.3) is 5.91 Å². The zero-order valence-corrected chi connectivity index (χ0v) is 18.8. The third kappa shape index (κ3) is 4.79. The van der Waals surface area contributed by atoms with E-state index in [4.69, 9.17) is 4.74 Å². The Morgan fingerprint density at radius 3 is 2.31 bits per heavy atom. The van der Waals surface area contributed by atoms with Crippen LogP contribution in [0.3, 0.4) is 0 Å². The molecule has 0 saturated carbocycles. The van der Waals surface area contributed by atoms with Crippen molar-refractivity contribution in [3.63, 3.8) is 0 Å². The zero-order valence-electron chi connectivity index (χ0n) is 18.8. The third-order valence-corrected chi connectivity index (χ3v) is 7.07. The molecule has 0 unspecified atom stereocenters. The topological polar surface area (TPSA) is 61.8 Å². The van der Waals surface area contributed by atoms with Crippen molar-refractivity contribution in [2.24, 2.45) is 0 Å². The molecule has 1 aromatic carbocycles. The summed E-state index contributed by atoms with van der Waals surface area (Å²) >= 11 is 0. The molecule has 0 bridgehead atoms. The van der Waals surface area contributed by atoms with Gasteiger partial charge in [-0.05, 0) is 50.9 Å². The van der Waals surface area contributed by atoms with Crippen molar-refractivity contribution in [2.75, 3.05) is 57.4 Å². The van der Waals surface area contributed by atoms with Crippen molar-refractivity contribution in [1.82, 2.24) is 19.8 Å². The molecule has 3 aliphatic heterocycles. The predicted octanol–water partition coefficient (Wildman–Crippen LogP) is 3.07. The van der Waals surface area contributed by atoms with E-state index in [0.717, 1.165) is 74.9 Å². The summed E-state index contributed by atoms with van der Waals surface area (Å²) in [6.07, 6.45) is 7.82. The number of carbonyl (C=O) groups excluding carboxylic acids is 1. The van der Waals surface area contributed by atoms with Crippen LogP contribution in [0.1, 0.15) is 42.5 Å². The van der Waals surface area contributed by atoms with Crippen LogP contribution in [0, 0.1) is 0 Å². The summed E-state index contributed by atoms with van der Waals surface area (Å²) in [5.74, 6) is 1.07. The van der Waals surface area contributed by atoms with E-state index < -0.39 is 0 Å². The molecular formula is C25H33N5O2. The minimum Gasteiger partial charge on any atom is -0.378 e. The van der Waals surface area contributed by atoms with Gasteiger partial charge in [-0.1, -0.05) is 18.6 Å². The highest BCUT2D eigenvalue weighted by Gasteiger charge is 2.28. The highest BCUT2D eigenvalue weighted by Crippen LogP contribution is 2.24. The van der Waals surface area contributed by atoms with E-state index in [1.54, 1.807) is 6.33 Å². The summed E-state index contributed by atoms with van der Waals surface area (Å²) in [6, 6.07) is 10.5. The van der Waals surface area contributed by atoms with Crippen molar-refractivity contribution in [1.29, 1.82) is 0 Å². The maximum absolute atomic E-state index is 13.1. The molecule has 3 saturated heterocycles. The number of benzene rings is 1. The van der Waals surface area contributed by atoms with Crippen molar-refractivity contribution in [3.8, 4) is 11.3 Å². The molecule has 0 atom stereocenters. The average Bonchev–Trinajstić information content (AvgIpc) is 2.89. The lowest BCUT2D eigenvalue weighted by Crippen LogP contribution is -2.48. The first kappa shape index (κ1) is 21.3. The van der Waals surface area contributed by atoms with Gasteiger partial charge in [0.1, 0.15) is 12.1 Å². The molecule has 3 aliphatic rings. The fourth-order valence-corrected chi connectivity index (χ4v) is 5.15. The van der Waals surface area contributed by atoms with Crippen LogP contribution >= 0.6 is 0 Å². The Balaban J connectivity index is 1.21. The summed E-state index contributed by atoms with van der Waals surface area (Å²) in [7, 11) is 0. The number of hydrogen-bond donors (Lipinski definition) is 0. The number of hydrogen-bond acceptors (Lipinski definition) is 6. The van der Waals surface area contributed by atoms with Crippen molar-refractivity contribution in [3.05, 3.63) is 42.2 Å². The fourth-order valence-electron chi connectivity index (χ4n) is 5.15. The van der Waals surface area contributed by atoms with Crippen molar-refractivity contribution < 1.29 is 9.53 Å². The standard InChI is InChI=1S/C25H33N5O2/c31-25(30-12-8-22(9-13-30)28-10-2-1-3-11-28)21-6-4-20(5-7-21)23-18-24(27-19-26-23)29-14-16-32-17-15-29/h4-7,18-19,22H,1-3,8-17H2. The van der Waals surface area contributed by atoms with Crippen LogP contribution in [0.25, 0.3) is 11.3 Å². The summed E-state index contributed by atoms with van der Waals surface area (Å²) < 4.78 is 5.43. The Hall–Kier alpha value is -2.51. The van der Waals surface area contributed by atoms with Crippen LogP contribution in [0.2, 0.25) is 0 Å². The van der Waals surface area contributed by atoms with E-state index in [1.165, 1.54) is 32.4 Å². The van der Waals surface area contributed by atoms with Gasteiger partial charge >= 0.3 is 0 Å². The number of piperidine rings is 2. The van der Waals surface area contributed by atoms with Crippen LogP contribution in [-0.4, -0.2) is 84.2 Å². The smallest absolute Gasteiger partial charge is 0.253 e. The van der Waals surface area contributed by atoms with Gasteiger partial charge in [0.2, 0.25) is 0 Å². The Morgan fingerprint density at radius 1 is 0.875 bits per heavy atom. The van der Waals surface area contributed by atoms with E-state index in [2.05, 4.69) is 19.8 Å². The molecule has 2 aromatic rings. The van der Waals surface area contributed by atoms with Gasteiger partial charge in [0.15, 0.2) is 0 Å². The fraction of sp³-hybridized carbons (Fsp3) is 0.560. The second-order valence-corrected chi connectivity index (χ2v) is 9.06. The largest absolute Gasteiger partial charge is 0.378 e. The van der Waals surface area contributed by atoms with Crippen LogP contribution in [-0.2, 0) is 4.74 Å². The van der Waals surface area contributed by atoms with E-state index in [1.807, 2.05) is 35.2 Å². The second kappa shape index (κ2) is 9.96. The van der Waals surface area contributed by atoms with Crippen LogP contribution in [0.4, 0.5) is 5.82 Å². The number of rotatable bonds is 4. The lowest BCUT2D eigenvalue weighted by atomic mass is 9.99. The number of nitrogens with zero attached hydrogens (tertiary/aromatic N) is 5. The molecule has 0 N–H and O–H groups in total. The summed E-state index contributed by atoms with van der Waals surface area (Å²) in [5, 5.41) is 0. The predicted molar refractivity (Wildman–Crippen MR) is 125 cm³/mol. The molecule has 0 spiro atoms. The number of aromatic nitrogens is 2. The first-order valence-electron chi connectivity index (χ1n) is 12.1. The van der Waals surface area contributed by atoms with Gasteiger partial charge in [0, 0.05) is 49.4 Å². The highest BCUT2D eigenvalue weighted by atomic mass is 16.5. The van der Waals surface area contributed by atoms with E-state index in [-0.39, 0.29) is 5.91 Å². The Morgan fingerprint density at radius 2 is 1.59 bits per heavy atom. The molecule has 0 aliphatic carbocycles. The second-order valence-electron chi connectivity index (χ2n) is 9.06. The SMILES string of the molecule is O=C(c1ccc(-c2cc(N3CCOCC3)ncn2)cc1)N1CCC(N2CCCCC2)CC1. The molecule has 4 heterocycles. The van der Waals surface area contributed by atoms with E-state index in [0.29, 0.717) is 6.04 Å². The van der Waals surface area contributed by atoms with Crippen LogP contribution in [0.15, 0.2) is 36.7 Å². The molecule has 3 fully saturated rings. The highest BCUT2D eigenvalue weighted by molar-refractivity contribution is 5.94. The van der Waals surface area contributed by atoms with Crippen LogP contribution < -0.4 is 4.90 Å². The van der Waals surface area contributed by atoms with Crippen molar-refractivity contribution in [2.45, 2.75) is 38.1 Å². The van der Waals surface area contributed by atoms with Gasteiger partial charge in [-0.15, -0.1) is 0 Å². The lowest BCUT2D eigenvalue weighted by Gasteiger charge is -2.40. The van der Waals surface area contributed by atoms with Crippen LogP contribution in [0.5, 0.6) is 0 Å². The summed E-state index contributed by atoms with van der Waals surface area (Å²) in [4.78, 5) is 28.8. The summed E-state index contributed by atoms with van der Waals surface area (Å²) in [6.45, 7) is 7.33. The van der Waals surface area contributed by atoms with Gasteiger partial charge in [-0.3, -0.25) is 4.79 Å². The minimum atomic E-state index is 0.144. The number of ether oxygens (including phenoxy) is 1. The quantitative estimate of drug-likeness (QED) is 0.736. The zero-order chi connectivity index (χ0) is 21.8. The molecule has 170 valence electrons. The third-order valence-electron chi connectivity index (χ3n) is 7.07. The first-order chi connectivity index (χ1) is 15.8. The number of morpholine rings is 1. The molecule has 0 radical (unpaired) electrons. The molecule has 7 heteroatoms. The normalized spacial score (nSPS) is 21.0. The maximum Gasteiger partial charge on any atom is 0.253 e. The first-order valence-corrected chi connectivity index (χ1v) is 12.1. The Bertz CT molecular complexity index is 899. The molecular weight excluding hydrogens is 402 g/mol. The Labute approximate surface area is 190 Å². The molecule has 5 rings (SSSR count). The minimum absolute atomic E-state index is 0.144. The van der Waals surface area contributed by atoms with Gasteiger partial charge in [-0.25, -0.2) is 9.97 Å². The number of likely N-dealkylation sites (tertiary alicyclic amines) is 2. The molecule has 32 heavy (non-hydrogen) atoms. The molecule has 1 amide bonds. The van der Waals surface area contributed by atoms with Gasteiger partial charge in [-0.2, -0.15) is 0 Å². The summed E-state index contributed by atoms with van der Waals surface area (Å²) in [5.41, 5.74) is 2.64. The monoisotopic (exact) mass is 435 g/mol. The Kier molecular flexibility index (Phi) is 6.64. The number of amides is 1. The average molecular weight is 436 g/mol. The van der Waals surface area contributed by atoms with Gasteiger partial charge in [0.05, 0.1) is 18.9 Å². The van der Waals surface area contributed by atoms with Gasteiger partial charge < -0.3 is 19.4 Å². The molecule has 7 nitrogen and oxygen atoms in total. The maximum atomic E-state index is 13.1. The number of carbonyl (C=O) groups is 1. The lowest BCUT2D eigenvalue weighted by molar-refractivity contribution is 0.0590. The van der Waals surface area contributed by atoms with Crippen molar-refractivity contribution >= 4 is 11.7 Å².